The Morgan fingerprint density at radius 1 is 0.912 bits per heavy atom. The molecular weight excluding hydrogens is 430 g/mol. The van der Waals surface area contributed by atoms with Crippen LogP contribution in [0.3, 0.4) is 0 Å². The third kappa shape index (κ3) is 4.14. The van der Waals surface area contributed by atoms with Gasteiger partial charge in [0.1, 0.15) is 5.82 Å². The largest absolute Gasteiger partial charge is 0.493 e. The summed E-state index contributed by atoms with van der Waals surface area (Å²) in [5, 5.41) is 3.04. The lowest BCUT2D eigenvalue weighted by Crippen LogP contribution is -2.49. The third-order valence-corrected chi connectivity index (χ3v) is 6.30. The summed E-state index contributed by atoms with van der Waals surface area (Å²) in [6, 6.07) is 18.0. The van der Waals surface area contributed by atoms with Gasteiger partial charge in [-0.25, -0.2) is 4.98 Å². The number of anilines is 2. The van der Waals surface area contributed by atoms with E-state index in [1.807, 2.05) is 23.1 Å². The summed E-state index contributed by atoms with van der Waals surface area (Å²) in [7, 11) is 3.17. The zero-order chi connectivity index (χ0) is 23.7. The molecule has 4 aromatic rings. The number of carbonyl (C=O) groups excluding carboxylic acids is 1. The van der Waals surface area contributed by atoms with E-state index in [1.54, 1.807) is 26.4 Å². The second kappa shape index (κ2) is 9.05. The van der Waals surface area contributed by atoms with Crippen LogP contribution in [-0.2, 0) is 11.2 Å². The van der Waals surface area contributed by atoms with Crippen LogP contribution in [-0.4, -0.2) is 61.2 Å². The normalized spacial score (nSPS) is 13.9. The second-order valence-corrected chi connectivity index (χ2v) is 8.36. The van der Waals surface area contributed by atoms with E-state index in [2.05, 4.69) is 34.1 Å². The monoisotopic (exact) mass is 457 g/mol. The Morgan fingerprint density at radius 2 is 1.62 bits per heavy atom. The molecule has 1 fully saturated rings. The summed E-state index contributed by atoms with van der Waals surface area (Å²) in [6.07, 6.45) is 0.395. The zero-order valence-electron chi connectivity index (χ0n) is 19.3. The number of nitrogens with two attached hydrogens (primary N) is 1. The van der Waals surface area contributed by atoms with Crippen LogP contribution in [0, 0.1) is 0 Å². The summed E-state index contributed by atoms with van der Waals surface area (Å²) in [4.78, 5) is 26.1. The van der Waals surface area contributed by atoms with Gasteiger partial charge in [-0.15, -0.1) is 0 Å². The Bertz CT molecular complexity index is 1370. The van der Waals surface area contributed by atoms with Crippen LogP contribution in [0.4, 0.5) is 11.8 Å². The number of nitrogens with zero attached hydrogens (tertiary/aromatic N) is 4. The van der Waals surface area contributed by atoms with Crippen molar-refractivity contribution in [3.05, 3.63) is 60.2 Å². The Morgan fingerprint density at radius 3 is 2.35 bits per heavy atom. The van der Waals surface area contributed by atoms with Crippen LogP contribution in [0.1, 0.15) is 5.56 Å². The quantitative estimate of drug-likeness (QED) is 0.492. The highest BCUT2D eigenvalue weighted by Crippen LogP contribution is 2.34. The van der Waals surface area contributed by atoms with Crippen molar-refractivity contribution in [2.24, 2.45) is 0 Å². The first kappa shape index (κ1) is 21.8. The van der Waals surface area contributed by atoms with E-state index < -0.39 is 0 Å². The van der Waals surface area contributed by atoms with Gasteiger partial charge in [0.15, 0.2) is 11.5 Å². The number of nitrogen functional groups attached to an aromatic ring is 1. The van der Waals surface area contributed by atoms with Gasteiger partial charge >= 0.3 is 0 Å². The Hall–Kier alpha value is -4.07. The zero-order valence-corrected chi connectivity index (χ0v) is 19.3. The standard InChI is InChI=1S/C26H27N5O3/c1-33-22-15-20-21(16-23(22)34-2)28-26(29-25(20)27)31-11-9-30(10-12-31)24(32)14-17-7-8-18-5-3-4-6-19(18)13-17/h3-8,13,15-16H,9-12,14H2,1-2H3,(H2,27,28,29). The number of ether oxygens (including phenoxy) is 2. The summed E-state index contributed by atoms with van der Waals surface area (Å²) in [6.45, 7) is 2.50. The number of carbonyl (C=O) groups is 1. The number of piperazine rings is 1. The first-order valence-electron chi connectivity index (χ1n) is 11.3. The molecule has 0 unspecified atom stereocenters. The molecule has 1 saturated heterocycles. The molecule has 5 rings (SSSR count). The predicted molar refractivity (Wildman–Crippen MR) is 133 cm³/mol. The fourth-order valence-corrected chi connectivity index (χ4v) is 4.40. The maximum atomic E-state index is 12.9. The molecule has 0 aliphatic carbocycles. The fourth-order valence-electron chi connectivity index (χ4n) is 4.40. The van der Waals surface area contributed by atoms with Crippen LogP contribution in [0.2, 0.25) is 0 Å². The van der Waals surface area contributed by atoms with Gasteiger partial charge in [-0.1, -0.05) is 42.5 Å². The molecule has 0 bridgehead atoms. The summed E-state index contributed by atoms with van der Waals surface area (Å²) in [5.74, 6) is 2.24. The highest BCUT2D eigenvalue weighted by molar-refractivity contribution is 5.92. The number of aromatic nitrogens is 2. The van der Waals surface area contributed by atoms with Gasteiger partial charge in [-0.3, -0.25) is 4.79 Å². The average molecular weight is 458 g/mol. The molecule has 2 N–H and O–H groups in total. The van der Waals surface area contributed by atoms with Crippen LogP contribution in [0.15, 0.2) is 54.6 Å². The maximum absolute atomic E-state index is 12.9. The van der Waals surface area contributed by atoms with Crippen molar-refractivity contribution in [1.29, 1.82) is 0 Å². The minimum absolute atomic E-state index is 0.130. The molecule has 174 valence electrons. The minimum Gasteiger partial charge on any atom is -0.493 e. The van der Waals surface area contributed by atoms with Gasteiger partial charge in [0, 0.05) is 37.6 Å². The van der Waals surface area contributed by atoms with Gasteiger partial charge < -0.3 is 25.0 Å². The van der Waals surface area contributed by atoms with Crippen molar-refractivity contribution in [1.82, 2.24) is 14.9 Å². The number of methoxy groups -OCH3 is 2. The van der Waals surface area contributed by atoms with Crippen molar-refractivity contribution in [2.75, 3.05) is 51.0 Å². The van der Waals surface area contributed by atoms with Crippen LogP contribution < -0.4 is 20.1 Å². The van der Waals surface area contributed by atoms with Gasteiger partial charge in [0.2, 0.25) is 11.9 Å². The van der Waals surface area contributed by atoms with Crippen LogP contribution in [0.5, 0.6) is 11.5 Å². The Balaban J connectivity index is 1.28. The van der Waals surface area contributed by atoms with E-state index in [-0.39, 0.29) is 5.91 Å². The lowest BCUT2D eigenvalue weighted by atomic mass is 10.0. The van der Waals surface area contributed by atoms with Gasteiger partial charge in [-0.05, 0) is 22.4 Å². The van der Waals surface area contributed by atoms with E-state index in [4.69, 9.17) is 20.2 Å². The van der Waals surface area contributed by atoms with E-state index in [0.29, 0.717) is 66.8 Å². The first-order chi connectivity index (χ1) is 16.6. The van der Waals surface area contributed by atoms with Gasteiger partial charge in [0.25, 0.3) is 0 Å². The molecule has 34 heavy (non-hydrogen) atoms. The molecule has 0 spiro atoms. The number of hydrogen-bond acceptors (Lipinski definition) is 7. The van der Waals surface area contributed by atoms with Crippen LogP contribution in [0.25, 0.3) is 21.7 Å². The van der Waals surface area contributed by atoms with Crippen molar-refractivity contribution in [3.63, 3.8) is 0 Å². The molecule has 1 aromatic heterocycles. The fraction of sp³-hybridized carbons (Fsp3) is 0.269. The van der Waals surface area contributed by atoms with Crippen molar-refractivity contribution in [2.45, 2.75) is 6.42 Å². The number of amides is 1. The lowest BCUT2D eigenvalue weighted by molar-refractivity contribution is -0.130. The van der Waals surface area contributed by atoms with Crippen molar-refractivity contribution < 1.29 is 14.3 Å². The topological polar surface area (TPSA) is 93.8 Å². The van der Waals surface area contributed by atoms with Crippen LogP contribution >= 0.6 is 0 Å². The number of hydrogen-bond donors (Lipinski definition) is 1. The molecule has 1 aliphatic rings. The van der Waals surface area contributed by atoms with Gasteiger partial charge in [0.05, 0.1) is 26.2 Å². The smallest absolute Gasteiger partial charge is 0.228 e. The Labute approximate surface area is 197 Å². The minimum atomic E-state index is 0.130. The average Bonchev–Trinajstić information content (AvgIpc) is 2.87. The highest BCUT2D eigenvalue weighted by atomic mass is 16.5. The Kier molecular flexibility index (Phi) is 5.79. The number of benzene rings is 3. The molecular formula is C26H27N5O3. The summed E-state index contributed by atoms with van der Waals surface area (Å²) < 4.78 is 10.8. The van der Waals surface area contributed by atoms with E-state index in [9.17, 15) is 4.79 Å². The first-order valence-corrected chi connectivity index (χ1v) is 11.3. The molecule has 2 heterocycles. The lowest BCUT2D eigenvalue weighted by Gasteiger charge is -2.35. The van der Waals surface area contributed by atoms with Gasteiger partial charge in [-0.2, -0.15) is 4.98 Å². The number of fused-ring (bicyclic) bond motifs is 2. The molecule has 3 aromatic carbocycles. The second-order valence-electron chi connectivity index (χ2n) is 8.36. The van der Waals surface area contributed by atoms with E-state index in [0.717, 1.165) is 10.9 Å². The summed E-state index contributed by atoms with van der Waals surface area (Å²) in [5.41, 5.74) is 7.96. The van der Waals surface area contributed by atoms with Crippen molar-refractivity contribution in [3.8, 4) is 11.5 Å². The highest BCUT2D eigenvalue weighted by Gasteiger charge is 2.24. The molecule has 8 nitrogen and oxygen atoms in total. The van der Waals surface area contributed by atoms with Crippen molar-refractivity contribution >= 4 is 39.3 Å². The third-order valence-electron chi connectivity index (χ3n) is 6.30. The molecule has 0 saturated carbocycles. The molecule has 8 heteroatoms. The maximum Gasteiger partial charge on any atom is 0.228 e. The number of rotatable bonds is 5. The molecule has 1 amide bonds. The van der Waals surface area contributed by atoms with E-state index >= 15 is 0 Å². The molecule has 0 atom stereocenters. The van der Waals surface area contributed by atoms with E-state index in [1.165, 1.54) is 5.39 Å². The summed E-state index contributed by atoms with van der Waals surface area (Å²) >= 11 is 0. The SMILES string of the molecule is COc1cc2nc(N3CCN(C(=O)Cc4ccc5ccccc5c4)CC3)nc(N)c2cc1OC. The molecule has 1 aliphatic heterocycles. The molecule has 0 radical (unpaired) electrons. The predicted octanol–water partition coefficient (Wildman–Crippen LogP) is 3.27.